The number of nitrogens with two attached hydrogens (primary N) is 1. The van der Waals surface area contributed by atoms with Crippen LogP contribution in [0.3, 0.4) is 0 Å². The van der Waals surface area contributed by atoms with E-state index in [0.29, 0.717) is 59.4 Å². The number of hydrogen-bond acceptors (Lipinski definition) is 14. The number of ether oxygens (including phenoxy) is 5. The Balaban J connectivity index is 1.19. The van der Waals surface area contributed by atoms with Crippen molar-refractivity contribution in [3.63, 3.8) is 0 Å². The minimum absolute atomic E-state index is 0.00829. The number of hydrogen-bond donors (Lipinski definition) is 3. The van der Waals surface area contributed by atoms with Gasteiger partial charge >= 0.3 is 11.9 Å². The van der Waals surface area contributed by atoms with Crippen molar-refractivity contribution >= 4 is 34.7 Å². The van der Waals surface area contributed by atoms with Crippen LogP contribution < -0.4 is 30.0 Å². The molecule has 8 atom stereocenters. The summed E-state index contributed by atoms with van der Waals surface area (Å²) in [7, 11) is 1.59. The van der Waals surface area contributed by atoms with Crippen LogP contribution in [0.1, 0.15) is 89.2 Å². The van der Waals surface area contributed by atoms with Gasteiger partial charge in [-0.05, 0) is 63.8 Å². The maximum Gasteiger partial charge on any atom is 0.335 e. The molecule has 0 saturated carbocycles. The van der Waals surface area contributed by atoms with Crippen molar-refractivity contribution in [3.05, 3.63) is 75.0 Å². The molecule has 57 heavy (non-hydrogen) atoms. The van der Waals surface area contributed by atoms with Crippen LogP contribution in [0.4, 0.5) is 0 Å². The number of esters is 2. The van der Waals surface area contributed by atoms with Gasteiger partial charge in [-0.1, -0.05) is 18.2 Å². The van der Waals surface area contributed by atoms with E-state index in [0.717, 1.165) is 45.2 Å². The number of fused-ring (bicyclic) bond motifs is 11. The number of aromatic hydroxyl groups is 1. The lowest BCUT2D eigenvalue weighted by atomic mass is 9.72. The quantitative estimate of drug-likeness (QED) is 0.182. The fourth-order valence-electron chi connectivity index (χ4n) is 12.1. The molecule has 0 aliphatic carbocycles. The third kappa shape index (κ3) is 4.40. The predicted molar refractivity (Wildman–Crippen MR) is 210 cm³/mol. The van der Waals surface area contributed by atoms with Crippen molar-refractivity contribution in [2.45, 2.75) is 93.5 Å². The van der Waals surface area contributed by atoms with Crippen LogP contribution in [-0.4, -0.2) is 83.8 Å². The standard InChI is InChI=1S/C43H46N4O9S/c1-19-11-25-28(33(49)34(19)51-6)31-32-38-30-29(37-36(53-18-54-37)20(2)35(30)55-21(3)48)26(47(32)41(4)15-42(25,5)46(31)16-41)14-52-40(50)43(17-57-38)39-24(12-22(13-44)45-43)23-9-7-8-10-27(23)56-39/h7-11,22,26,31-32,38,45,49H,12-18,44H2,1-6H3/t22-,26-,31?,32+,38+,41?,42?,43+/m0/s1. The molecule has 8 aliphatic rings. The Morgan fingerprint density at radius 1 is 1.11 bits per heavy atom. The lowest BCUT2D eigenvalue weighted by Gasteiger charge is -2.60. The Morgan fingerprint density at radius 2 is 1.89 bits per heavy atom. The summed E-state index contributed by atoms with van der Waals surface area (Å²) in [4.78, 5) is 33.3. The first-order chi connectivity index (χ1) is 27.3. The first-order valence-electron chi connectivity index (χ1n) is 19.7. The molecule has 3 saturated heterocycles. The van der Waals surface area contributed by atoms with E-state index in [1.54, 1.807) is 18.9 Å². The average molecular weight is 795 g/mol. The van der Waals surface area contributed by atoms with Crippen LogP contribution in [0, 0.1) is 13.8 Å². The molecule has 8 aliphatic heterocycles. The van der Waals surface area contributed by atoms with Gasteiger partial charge < -0.3 is 38.9 Å². The highest BCUT2D eigenvalue weighted by Crippen LogP contribution is 2.71. The lowest BCUT2D eigenvalue weighted by molar-refractivity contribution is -0.159. The van der Waals surface area contributed by atoms with E-state index in [-0.39, 0.29) is 43.0 Å². The van der Waals surface area contributed by atoms with E-state index in [9.17, 15) is 9.90 Å². The van der Waals surface area contributed by atoms with Gasteiger partial charge in [0, 0.05) is 82.1 Å². The summed E-state index contributed by atoms with van der Waals surface area (Å²) in [6, 6.07) is 8.67. The summed E-state index contributed by atoms with van der Waals surface area (Å²) in [5, 5.41) is 16.4. The number of rotatable bonds is 3. The summed E-state index contributed by atoms with van der Waals surface area (Å²) in [5.74, 6) is 1.99. The number of methoxy groups -OCH3 is 1. The van der Waals surface area contributed by atoms with E-state index in [4.69, 9.17) is 33.8 Å². The van der Waals surface area contributed by atoms with Gasteiger partial charge in [-0.3, -0.25) is 19.9 Å². The van der Waals surface area contributed by atoms with Gasteiger partial charge in [-0.25, -0.2) is 4.79 Å². The van der Waals surface area contributed by atoms with Gasteiger partial charge in [-0.15, -0.1) is 11.8 Å². The first kappa shape index (κ1) is 35.7. The number of nitrogens with zero attached hydrogens (tertiary/aromatic N) is 2. The number of carbonyl (C=O) groups excluding carboxylic acids is 2. The van der Waals surface area contributed by atoms with E-state index in [2.05, 4.69) is 35.0 Å². The number of carbonyl (C=O) groups is 2. The second kappa shape index (κ2) is 11.8. The Labute approximate surface area is 334 Å². The maximum atomic E-state index is 15.1. The maximum absolute atomic E-state index is 15.1. The molecule has 1 aromatic heterocycles. The topological polar surface area (TPSA) is 158 Å². The highest BCUT2D eigenvalue weighted by atomic mass is 32.2. The molecular formula is C43H46N4O9S. The third-order valence-electron chi connectivity index (χ3n) is 14.1. The smallest absolute Gasteiger partial charge is 0.335 e. The van der Waals surface area contributed by atoms with Crippen molar-refractivity contribution in [1.82, 2.24) is 15.1 Å². The molecule has 13 nitrogen and oxygen atoms in total. The Hall–Kier alpha value is -4.47. The molecule has 12 rings (SSSR count). The van der Waals surface area contributed by atoms with E-state index in [1.165, 1.54) is 6.92 Å². The molecule has 9 heterocycles. The number of para-hydroxylation sites is 1. The fraction of sp³-hybridized carbons (Fsp3) is 0.488. The van der Waals surface area contributed by atoms with Crippen LogP contribution in [0.15, 0.2) is 34.7 Å². The van der Waals surface area contributed by atoms with Crippen molar-refractivity contribution in [1.29, 1.82) is 0 Å². The SMILES string of the molecule is COc1c(C)cc2c(c1O)C1[C@@H]3[C@@H]4SC[C@]5(N[C@H](CN)Cc6c5oc5ccccc65)C(=O)OC[C@@H](c5c6c(c(C)c(OC(C)=O)c54)OCO6)N3C3(C)CN1C2(C)C3. The number of furan rings is 1. The van der Waals surface area contributed by atoms with Crippen LogP contribution in [0.2, 0.25) is 0 Å². The largest absolute Gasteiger partial charge is 0.504 e. The Bertz CT molecular complexity index is 2470. The van der Waals surface area contributed by atoms with E-state index in [1.807, 2.05) is 38.1 Å². The molecule has 0 radical (unpaired) electrons. The molecule has 3 aromatic carbocycles. The van der Waals surface area contributed by atoms with Gasteiger partial charge in [0.15, 0.2) is 28.5 Å². The normalized spacial score (nSPS) is 33.2. The van der Waals surface area contributed by atoms with Crippen molar-refractivity contribution in [2.75, 3.05) is 39.4 Å². The molecule has 1 spiro atoms. The van der Waals surface area contributed by atoms with E-state index < -0.39 is 39.8 Å². The van der Waals surface area contributed by atoms with Crippen molar-refractivity contribution in [3.8, 4) is 28.7 Å². The molecular weight excluding hydrogens is 749 g/mol. The van der Waals surface area contributed by atoms with Crippen LogP contribution in [-0.2, 0) is 31.8 Å². The molecule has 3 fully saturated rings. The summed E-state index contributed by atoms with van der Waals surface area (Å²) >= 11 is 1.60. The van der Waals surface area contributed by atoms with Crippen LogP contribution in [0.5, 0.6) is 28.7 Å². The number of aryl methyl sites for hydroxylation is 1. The first-order valence-corrected chi connectivity index (χ1v) is 20.8. The summed E-state index contributed by atoms with van der Waals surface area (Å²) in [6.07, 6.45) is 1.36. The summed E-state index contributed by atoms with van der Waals surface area (Å²) in [5.41, 5.74) is 10.9. The van der Waals surface area contributed by atoms with Gasteiger partial charge in [-0.2, -0.15) is 0 Å². The number of benzene rings is 3. The molecule has 3 unspecified atom stereocenters. The van der Waals surface area contributed by atoms with Gasteiger partial charge in [0.05, 0.1) is 24.4 Å². The molecule has 4 bridgehead atoms. The Kier molecular flexibility index (Phi) is 7.39. The highest BCUT2D eigenvalue weighted by Gasteiger charge is 2.71. The number of piperazine rings is 1. The van der Waals surface area contributed by atoms with Gasteiger partial charge in [0.2, 0.25) is 6.79 Å². The summed E-state index contributed by atoms with van der Waals surface area (Å²) in [6.45, 7) is 10.9. The second-order valence-corrected chi connectivity index (χ2v) is 18.5. The predicted octanol–water partition coefficient (Wildman–Crippen LogP) is 5.29. The third-order valence-corrected chi connectivity index (χ3v) is 15.6. The average Bonchev–Trinajstić information content (AvgIpc) is 3.93. The highest BCUT2D eigenvalue weighted by molar-refractivity contribution is 7.99. The number of phenolic OH excluding ortho intramolecular Hbond substituents is 1. The molecule has 298 valence electrons. The molecule has 4 N–H and O–H groups in total. The van der Waals surface area contributed by atoms with Crippen LogP contribution >= 0.6 is 11.8 Å². The fourth-order valence-corrected chi connectivity index (χ4v) is 13.8. The summed E-state index contributed by atoms with van der Waals surface area (Å²) < 4.78 is 37.9. The lowest BCUT2D eigenvalue weighted by Crippen LogP contribution is -2.67. The van der Waals surface area contributed by atoms with Gasteiger partial charge in [0.1, 0.15) is 23.7 Å². The monoisotopic (exact) mass is 794 g/mol. The molecule has 0 amide bonds. The number of nitrogens with one attached hydrogen (secondary N) is 1. The van der Waals surface area contributed by atoms with Crippen LogP contribution in [0.25, 0.3) is 11.0 Å². The second-order valence-electron chi connectivity index (χ2n) is 17.3. The zero-order valence-corrected chi connectivity index (χ0v) is 33.6. The zero-order chi connectivity index (χ0) is 39.5. The number of phenols is 1. The zero-order valence-electron chi connectivity index (χ0n) is 32.8. The van der Waals surface area contributed by atoms with Crippen molar-refractivity contribution in [2.24, 2.45) is 5.73 Å². The minimum Gasteiger partial charge on any atom is -0.504 e. The minimum atomic E-state index is -1.39. The van der Waals surface area contributed by atoms with E-state index >= 15 is 4.79 Å². The molecule has 4 aromatic rings. The van der Waals surface area contributed by atoms with Gasteiger partial charge in [0.25, 0.3) is 0 Å². The van der Waals surface area contributed by atoms with Crippen molar-refractivity contribution < 1.29 is 42.8 Å². The molecule has 14 heteroatoms. The Morgan fingerprint density at radius 3 is 2.67 bits per heavy atom. The number of thioether (sulfide) groups is 1.